The SMILES string of the molecule is Cc1ccnc(-c2ccc(C[C@H](NC(=O)c3c(F)cc(N4CCOC[C@@H]4C(F)(F)F)cc3F)C(=O)O)c3cccnc23)n1. The van der Waals surface area contributed by atoms with E-state index in [9.17, 15) is 27.9 Å². The second-order valence-electron chi connectivity index (χ2n) is 9.87. The number of nitrogens with zero attached hydrogens (tertiary/aromatic N) is 4. The number of rotatable bonds is 7. The van der Waals surface area contributed by atoms with Crippen LogP contribution in [0, 0.1) is 18.6 Å². The number of carbonyl (C=O) groups is 2. The second-order valence-corrected chi connectivity index (χ2v) is 9.87. The molecule has 3 heterocycles. The van der Waals surface area contributed by atoms with Crippen LogP contribution in [0.5, 0.6) is 0 Å². The van der Waals surface area contributed by atoms with E-state index in [0.717, 1.165) is 10.6 Å². The first kappa shape index (κ1) is 29.8. The number of halogens is 5. The van der Waals surface area contributed by atoms with Crippen LogP contribution in [0.15, 0.2) is 54.9 Å². The van der Waals surface area contributed by atoms with Crippen LogP contribution in [0.1, 0.15) is 21.6 Å². The normalized spacial score (nSPS) is 16.2. The van der Waals surface area contributed by atoms with Crippen molar-refractivity contribution in [1.29, 1.82) is 0 Å². The van der Waals surface area contributed by atoms with Crippen molar-refractivity contribution in [3.05, 3.63) is 83.3 Å². The van der Waals surface area contributed by atoms with Crippen LogP contribution >= 0.6 is 0 Å². The maximum Gasteiger partial charge on any atom is 0.411 e. The summed E-state index contributed by atoms with van der Waals surface area (Å²) >= 11 is 0. The van der Waals surface area contributed by atoms with Gasteiger partial charge in [0.1, 0.15) is 29.3 Å². The number of amides is 1. The van der Waals surface area contributed by atoms with Gasteiger partial charge >= 0.3 is 12.1 Å². The molecule has 1 fully saturated rings. The van der Waals surface area contributed by atoms with Crippen LogP contribution in [0.4, 0.5) is 27.6 Å². The van der Waals surface area contributed by atoms with E-state index >= 15 is 8.78 Å². The Bertz CT molecular complexity index is 1680. The monoisotopic (exact) mass is 601 g/mol. The third-order valence-electron chi connectivity index (χ3n) is 7.02. The molecule has 2 atom stereocenters. The van der Waals surface area contributed by atoms with Crippen molar-refractivity contribution >= 4 is 28.5 Å². The zero-order valence-corrected chi connectivity index (χ0v) is 22.5. The van der Waals surface area contributed by atoms with Crippen molar-refractivity contribution in [3.8, 4) is 11.4 Å². The molecule has 0 saturated carbocycles. The molecule has 14 heteroatoms. The summed E-state index contributed by atoms with van der Waals surface area (Å²) in [5.74, 6) is -5.33. The lowest BCUT2D eigenvalue weighted by atomic mass is 9.97. The highest BCUT2D eigenvalue weighted by atomic mass is 19.4. The Morgan fingerprint density at radius 1 is 1.12 bits per heavy atom. The molecule has 1 amide bonds. The largest absolute Gasteiger partial charge is 0.480 e. The predicted octanol–water partition coefficient (Wildman–Crippen LogP) is 4.47. The first-order chi connectivity index (χ1) is 20.4. The van der Waals surface area contributed by atoms with Gasteiger partial charge in [-0.1, -0.05) is 12.1 Å². The van der Waals surface area contributed by atoms with E-state index in [1.165, 1.54) is 0 Å². The van der Waals surface area contributed by atoms with Crippen LogP contribution in [0.2, 0.25) is 0 Å². The van der Waals surface area contributed by atoms with Crippen molar-refractivity contribution < 1.29 is 41.4 Å². The summed E-state index contributed by atoms with van der Waals surface area (Å²) in [4.78, 5) is 38.9. The van der Waals surface area contributed by atoms with Crippen LogP contribution in [0.3, 0.4) is 0 Å². The molecule has 4 aromatic rings. The fraction of sp³-hybridized carbons (Fsp3) is 0.276. The van der Waals surface area contributed by atoms with Gasteiger partial charge in [0.25, 0.3) is 5.91 Å². The summed E-state index contributed by atoms with van der Waals surface area (Å²) in [6.45, 7) is 0.698. The molecule has 5 rings (SSSR count). The molecule has 0 unspecified atom stereocenters. The third kappa shape index (κ3) is 6.23. The second kappa shape index (κ2) is 11.9. The van der Waals surface area contributed by atoms with Crippen LogP contribution in [0.25, 0.3) is 22.3 Å². The van der Waals surface area contributed by atoms with Crippen LogP contribution < -0.4 is 10.2 Å². The number of anilines is 1. The van der Waals surface area contributed by atoms with E-state index in [1.54, 1.807) is 49.6 Å². The first-order valence-electron chi connectivity index (χ1n) is 13.0. The summed E-state index contributed by atoms with van der Waals surface area (Å²) in [6, 6.07) is 5.84. The van der Waals surface area contributed by atoms with E-state index in [1.807, 2.05) is 0 Å². The molecule has 0 radical (unpaired) electrons. The lowest BCUT2D eigenvalue weighted by molar-refractivity contribution is -0.167. The van der Waals surface area contributed by atoms with E-state index in [0.29, 0.717) is 40.0 Å². The Balaban J connectivity index is 1.41. The fourth-order valence-electron chi connectivity index (χ4n) is 4.95. The standard InChI is InChI=1S/C29H24F5N5O4/c1-15-6-8-36-26(37-15)19-5-4-16(18-3-2-7-35-25(18)19)11-22(28(41)42)38-27(40)24-20(30)12-17(13-21(24)31)39-9-10-43-14-23(39)29(32,33)34/h2-8,12-13,22-23H,9-11,14H2,1H3,(H,38,40)(H,41,42)/t22-,23+/m0/s1. The quantitative estimate of drug-likeness (QED) is 0.298. The fourth-order valence-corrected chi connectivity index (χ4v) is 4.95. The lowest BCUT2D eigenvalue weighted by Crippen LogP contribution is -2.53. The van der Waals surface area contributed by atoms with Crippen LogP contribution in [-0.4, -0.2) is 70.0 Å². The Morgan fingerprint density at radius 2 is 1.86 bits per heavy atom. The number of carboxylic acids is 1. The molecule has 2 N–H and O–H groups in total. The molecule has 43 heavy (non-hydrogen) atoms. The molecule has 0 aliphatic carbocycles. The van der Waals surface area contributed by atoms with Gasteiger partial charge in [-0.2, -0.15) is 13.2 Å². The number of morpholine rings is 1. The minimum Gasteiger partial charge on any atom is -0.480 e. The van der Waals surface area contributed by atoms with E-state index in [2.05, 4.69) is 20.3 Å². The smallest absolute Gasteiger partial charge is 0.411 e. The van der Waals surface area contributed by atoms with E-state index < -0.39 is 59.6 Å². The van der Waals surface area contributed by atoms with Gasteiger partial charge in [-0.3, -0.25) is 9.78 Å². The minimum absolute atomic E-state index is 0.0957. The Labute approximate surface area is 241 Å². The Kier molecular flexibility index (Phi) is 8.22. The van der Waals surface area contributed by atoms with E-state index in [-0.39, 0.29) is 19.6 Å². The van der Waals surface area contributed by atoms with E-state index in [4.69, 9.17) is 4.74 Å². The Hall–Kier alpha value is -4.72. The molecular formula is C29H24F5N5O4. The first-order valence-corrected chi connectivity index (χ1v) is 13.0. The number of pyridine rings is 1. The molecule has 9 nitrogen and oxygen atoms in total. The number of fused-ring (bicyclic) bond motifs is 1. The number of aromatic nitrogens is 3. The number of ether oxygens (including phenoxy) is 1. The zero-order chi connectivity index (χ0) is 30.9. The maximum atomic E-state index is 15.1. The average molecular weight is 602 g/mol. The molecule has 224 valence electrons. The molecule has 1 saturated heterocycles. The van der Waals surface area contributed by atoms with Gasteiger partial charge in [-0.15, -0.1) is 0 Å². The lowest BCUT2D eigenvalue weighted by Gasteiger charge is -2.38. The molecule has 1 aliphatic rings. The van der Waals surface area contributed by atoms with Crippen LogP contribution in [-0.2, 0) is 16.0 Å². The third-order valence-corrected chi connectivity index (χ3v) is 7.02. The van der Waals surface area contributed by atoms with Crippen molar-refractivity contribution in [3.63, 3.8) is 0 Å². The summed E-state index contributed by atoms with van der Waals surface area (Å²) in [5.41, 5.74) is 0.720. The number of alkyl halides is 3. The zero-order valence-electron chi connectivity index (χ0n) is 22.5. The highest BCUT2D eigenvalue weighted by Gasteiger charge is 2.46. The van der Waals surface area contributed by atoms with Gasteiger partial charge in [0, 0.05) is 47.7 Å². The van der Waals surface area contributed by atoms with Crippen molar-refractivity contribution in [2.24, 2.45) is 0 Å². The predicted molar refractivity (Wildman–Crippen MR) is 144 cm³/mol. The number of hydrogen-bond acceptors (Lipinski definition) is 7. The summed E-state index contributed by atoms with van der Waals surface area (Å²) in [5, 5.41) is 12.6. The number of benzene rings is 2. The van der Waals surface area contributed by atoms with Crippen molar-refractivity contribution in [2.75, 3.05) is 24.7 Å². The summed E-state index contributed by atoms with van der Waals surface area (Å²) in [7, 11) is 0. The van der Waals surface area contributed by atoms with Crippen molar-refractivity contribution in [1.82, 2.24) is 20.3 Å². The number of aliphatic carboxylic acids is 1. The van der Waals surface area contributed by atoms with Gasteiger partial charge in [0.2, 0.25) is 0 Å². The highest BCUT2D eigenvalue weighted by Crippen LogP contribution is 2.33. The minimum atomic E-state index is -4.73. The van der Waals surface area contributed by atoms with Gasteiger partial charge in [-0.05, 0) is 42.8 Å². The topological polar surface area (TPSA) is 118 Å². The van der Waals surface area contributed by atoms with Crippen molar-refractivity contribution in [2.45, 2.75) is 31.6 Å². The summed E-state index contributed by atoms with van der Waals surface area (Å²) < 4.78 is 75.4. The molecule has 1 aliphatic heterocycles. The molecule has 0 bridgehead atoms. The molecule has 2 aromatic carbocycles. The average Bonchev–Trinajstić information content (AvgIpc) is 2.96. The molecule has 0 spiro atoms. The van der Waals surface area contributed by atoms with Gasteiger partial charge in [0.05, 0.1) is 18.7 Å². The van der Waals surface area contributed by atoms with Gasteiger partial charge < -0.3 is 20.1 Å². The number of carbonyl (C=O) groups excluding carboxylic acids is 1. The number of carboxylic acid groups (broad SMARTS) is 1. The maximum absolute atomic E-state index is 15.1. The number of nitrogens with one attached hydrogen (secondary N) is 1. The highest BCUT2D eigenvalue weighted by molar-refractivity contribution is 5.98. The number of aryl methyl sites for hydroxylation is 1. The summed E-state index contributed by atoms with van der Waals surface area (Å²) in [6.07, 6.45) is -1.87. The van der Waals surface area contributed by atoms with Gasteiger partial charge in [0.15, 0.2) is 5.82 Å². The Morgan fingerprint density at radius 3 is 2.53 bits per heavy atom. The number of hydrogen-bond donors (Lipinski definition) is 2. The molecular weight excluding hydrogens is 577 g/mol. The molecule has 2 aromatic heterocycles. The van der Waals surface area contributed by atoms with Gasteiger partial charge in [-0.25, -0.2) is 23.5 Å².